The molecule has 0 aliphatic carbocycles. The van der Waals surface area contributed by atoms with E-state index in [9.17, 15) is 9.90 Å². The minimum Gasteiger partial charge on any atom is -0.507 e. The predicted molar refractivity (Wildman–Crippen MR) is 194 cm³/mol. The van der Waals surface area contributed by atoms with Gasteiger partial charge in [-0.05, 0) is 61.6 Å². The lowest BCUT2D eigenvalue weighted by molar-refractivity contribution is -0.151. The summed E-state index contributed by atoms with van der Waals surface area (Å²) in [5.74, 6) is 1.05. The maximum atomic E-state index is 12.3. The molecule has 4 aromatic carbocycles. The van der Waals surface area contributed by atoms with Crippen molar-refractivity contribution in [2.75, 3.05) is 6.61 Å². The highest BCUT2D eigenvalue weighted by Gasteiger charge is 2.21. The Bertz CT molecular complexity index is 1850. The second kappa shape index (κ2) is 17.4. The fourth-order valence-electron chi connectivity index (χ4n) is 5.02. The molecule has 7 heteroatoms. The average Bonchev–Trinajstić information content (AvgIpc) is 3.14. The zero-order valence-corrected chi connectivity index (χ0v) is 28.5. The lowest BCUT2D eigenvalue weighted by atomic mass is 10.0. The highest BCUT2D eigenvalue weighted by Crippen LogP contribution is 2.34. The molecule has 0 spiro atoms. The number of nitrogens with zero attached hydrogens (tertiary/aromatic N) is 3. The summed E-state index contributed by atoms with van der Waals surface area (Å²) >= 11 is 0. The van der Waals surface area contributed by atoms with Gasteiger partial charge in [0.25, 0.3) is 0 Å². The summed E-state index contributed by atoms with van der Waals surface area (Å²) in [6.45, 7) is 11.9. The Kier molecular flexibility index (Phi) is 12.8. The van der Waals surface area contributed by atoms with Crippen molar-refractivity contribution in [1.29, 1.82) is 0 Å². The Labute approximate surface area is 283 Å². The number of hydrogen-bond donors (Lipinski definition) is 1. The number of aromatic hydroxyl groups is 1. The Morgan fingerprint density at radius 3 is 1.85 bits per heavy atom. The molecule has 1 heterocycles. The van der Waals surface area contributed by atoms with Crippen LogP contribution in [0.3, 0.4) is 0 Å². The first-order valence-corrected chi connectivity index (χ1v) is 16.4. The summed E-state index contributed by atoms with van der Waals surface area (Å²) < 4.78 is 11.0. The molecule has 1 aromatic heterocycles. The van der Waals surface area contributed by atoms with E-state index in [-0.39, 0.29) is 12.4 Å². The quantitative estimate of drug-likeness (QED) is 0.113. The fourth-order valence-corrected chi connectivity index (χ4v) is 5.02. The molecule has 1 unspecified atom stereocenters. The van der Waals surface area contributed by atoms with E-state index in [1.807, 2.05) is 107 Å². The number of hydrogen-bond acceptors (Lipinski definition) is 7. The molecule has 48 heavy (non-hydrogen) atoms. The first kappa shape index (κ1) is 35.3. The number of esters is 1. The standard InChI is InChI=1S/C39H37N3O4.C2H6/c1-5-12-26(6-2)28-15-19-30(20-16-28)36-40-37(31-21-17-29(18-22-31)27-13-10-9-11-14-27)42-38(41-36)33-24-23-32(25-34(33)43)46-35(7-3)39(44)45-8-4;1-2/h5-6,9-25,35,43H,7-8H2,1-4H3;1-2H3/b12-5-,26-6+;. The van der Waals surface area contributed by atoms with Gasteiger partial charge in [-0.1, -0.05) is 118 Å². The molecule has 1 N–H and O–H groups in total. The van der Waals surface area contributed by atoms with Crippen LogP contribution in [-0.4, -0.2) is 38.7 Å². The molecule has 5 aromatic rings. The highest BCUT2D eigenvalue weighted by atomic mass is 16.6. The van der Waals surface area contributed by atoms with Crippen molar-refractivity contribution in [3.05, 3.63) is 121 Å². The number of benzene rings is 4. The van der Waals surface area contributed by atoms with Crippen molar-refractivity contribution >= 4 is 11.5 Å². The van der Waals surface area contributed by atoms with Gasteiger partial charge in [0, 0.05) is 17.2 Å². The van der Waals surface area contributed by atoms with Crippen LogP contribution in [0.15, 0.2) is 115 Å². The first-order valence-electron chi connectivity index (χ1n) is 16.4. The van der Waals surface area contributed by atoms with Gasteiger partial charge < -0.3 is 14.6 Å². The number of aromatic nitrogens is 3. The molecule has 0 aliphatic rings. The van der Waals surface area contributed by atoms with Gasteiger partial charge in [-0.15, -0.1) is 0 Å². The zero-order valence-electron chi connectivity index (χ0n) is 28.5. The van der Waals surface area contributed by atoms with Crippen molar-refractivity contribution in [3.63, 3.8) is 0 Å². The Morgan fingerprint density at radius 2 is 1.31 bits per heavy atom. The number of ether oxygens (including phenoxy) is 2. The number of phenols is 1. The lowest BCUT2D eigenvalue weighted by Crippen LogP contribution is -2.28. The van der Waals surface area contributed by atoms with Gasteiger partial charge in [0.15, 0.2) is 23.6 Å². The van der Waals surface area contributed by atoms with Gasteiger partial charge in [-0.3, -0.25) is 0 Å². The van der Waals surface area contributed by atoms with Gasteiger partial charge in [0.2, 0.25) is 0 Å². The highest BCUT2D eigenvalue weighted by molar-refractivity contribution is 5.77. The number of allylic oxidation sites excluding steroid dienone is 4. The maximum absolute atomic E-state index is 12.3. The number of carbonyl (C=O) groups is 1. The largest absolute Gasteiger partial charge is 0.507 e. The summed E-state index contributed by atoms with van der Waals surface area (Å²) in [4.78, 5) is 26.7. The predicted octanol–water partition coefficient (Wildman–Crippen LogP) is 9.97. The van der Waals surface area contributed by atoms with Gasteiger partial charge in [-0.25, -0.2) is 19.7 Å². The van der Waals surface area contributed by atoms with Crippen LogP contribution in [-0.2, 0) is 9.53 Å². The Balaban J connectivity index is 0.00000255. The van der Waals surface area contributed by atoms with E-state index in [1.54, 1.807) is 19.1 Å². The summed E-state index contributed by atoms with van der Waals surface area (Å²) in [6.07, 6.45) is 5.79. The Hall–Kier alpha value is -5.56. The molecular formula is C41H43N3O4. The minimum absolute atomic E-state index is 0.0850. The van der Waals surface area contributed by atoms with Crippen molar-refractivity contribution in [1.82, 2.24) is 15.0 Å². The number of carbonyl (C=O) groups excluding carboxylic acids is 1. The molecule has 0 saturated heterocycles. The molecule has 0 radical (unpaired) electrons. The van der Waals surface area contributed by atoms with Crippen LogP contribution >= 0.6 is 0 Å². The van der Waals surface area contributed by atoms with Crippen LogP contribution in [0.25, 0.3) is 50.9 Å². The summed E-state index contributed by atoms with van der Waals surface area (Å²) in [7, 11) is 0. The van der Waals surface area contributed by atoms with Crippen LogP contribution in [0.1, 0.15) is 53.5 Å². The van der Waals surface area contributed by atoms with Gasteiger partial charge in [0.05, 0.1) is 12.2 Å². The van der Waals surface area contributed by atoms with E-state index in [0.29, 0.717) is 35.2 Å². The van der Waals surface area contributed by atoms with Gasteiger partial charge in [0.1, 0.15) is 11.5 Å². The SMILES string of the molecule is C/C=C\C(=C/C)c1ccc(-c2nc(-c3ccc(-c4ccccc4)cc3)nc(-c3ccc(OC(CC)C(=O)OCC)cc3O)n2)cc1.CC. The van der Waals surface area contributed by atoms with E-state index < -0.39 is 12.1 Å². The van der Waals surface area contributed by atoms with E-state index >= 15 is 0 Å². The molecule has 7 nitrogen and oxygen atoms in total. The van der Waals surface area contributed by atoms with Gasteiger partial charge >= 0.3 is 5.97 Å². The summed E-state index contributed by atoms with van der Waals surface area (Å²) in [6, 6.07) is 31.1. The summed E-state index contributed by atoms with van der Waals surface area (Å²) in [5.41, 5.74) is 6.42. The van der Waals surface area contributed by atoms with Crippen molar-refractivity contribution in [3.8, 4) is 56.8 Å². The van der Waals surface area contributed by atoms with Crippen molar-refractivity contribution in [2.45, 2.75) is 54.1 Å². The van der Waals surface area contributed by atoms with Crippen LogP contribution in [0.5, 0.6) is 11.5 Å². The fraction of sp³-hybridized carbons (Fsp3) is 0.220. The third kappa shape index (κ3) is 8.62. The van der Waals surface area contributed by atoms with Gasteiger partial charge in [-0.2, -0.15) is 0 Å². The molecule has 1 atom stereocenters. The lowest BCUT2D eigenvalue weighted by Gasteiger charge is -2.16. The number of rotatable bonds is 11. The third-order valence-corrected chi connectivity index (χ3v) is 7.43. The molecule has 0 aliphatic heterocycles. The molecular weight excluding hydrogens is 598 g/mol. The molecule has 0 bridgehead atoms. The topological polar surface area (TPSA) is 94.4 Å². The summed E-state index contributed by atoms with van der Waals surface area (Å²) in [5, 5.41) is 11.1. The monoisotopic (exact) mass is 641 g/mol. The van der Waals surface area contributed by atoms with Crippen molar-refractivity contribution < 1.29 is 19.4 Å². The van der Waals surface area contributed by atoms with E-state index in [4.69, 9.17) is 24.4 Å². The smallest absolute Gasteiger partial charge is 0.347 e. The van der Waals surface area contributed by atoms with Crippen LogP contribution in [0.2, 0.25) is 0 Å². The van der Waals surface area contributed by atoms with Crippen LogP contribution < -0.4 is 4.74 Å². The molecule has 0 fully saturated rings. The molecule has 0 saturated carbocycles. The second-order valence-corrected chi connectivity index (χ2v) is 10.5. The van der Waals surface area contributed by atoms with Crippen molar-refractivity contribution in [2.24, 2.45) is 0 Å². The van der Waals surface area contributed by atoms with E-state index in [1.165, 1.54) is 6.07 Å². The van der Waals surface area contributed by atoms with Crippen LogP contribution in [0, 0.1) is 0 Å². The normalized spacial score (nSPS) is 11.8. The molecule has 246 valence electrons. The second-order valence-electron chi connectivity index (χ2n) is 10.5. The molecule has 5 rings (SSSR count). The average molecular weight is 642 g/mol. The van der Waals surface area contributed by atoms with E-state index in [2.05, 4.69) is 24.3 Å². The maximum Gasteiger partial charge on any atom is 0.347 e. The number of phenolic OH excluding ortho intramolecular Hbond substituents is 1. The Morgan fingerprint density at radius 1 is 0.750 bits per heavy atom. The molecule has 0 amide bonds. The first-order chi connectivity index (χ1) is 23.4. The van der Waals surface area contributed by atoms with Crippen LogP contribution in [0.4, 0.5) is 0 Å². The minimum atomic E-state index is -0.779. The third-order valence-electron chi connectivity index (χ3n) is 7.43. The van der Waals surface area contributed by atoms with E-state index in [0.717, 1.165) is 33.4 Å². The zero-order chi connectivity index (χ0) is 34.5.